The van der Waals surface area contributed by atoms with Crippen LogP contribution >= 0.6 is 34.7 Å². The van der Waals surface area contributed by atoms with E-state index in [2.05, 4.69) is 48.6 Å². The number of benzene rings is 1. The molecule has 1 aliphatic carbocycles. The summed E-state index contributed by atoms with van der Waals surface area (Å²) < 4.78 is 19.2. The molecule has 3 aromatic heterocycles. The molecule has 1 aliphatic heterocycles. The van der Waals surface area contributed by atoms with Gasteiger partial charge in [-0.25, -0.2) is 9.36 Å². The van der Waals surface area contributed by atoms with Crippen LogP contribution in [0.15, 0.2) is 48.1 Å². The molecule has 6 rings (SSSR count). The second kappa shape index (κ2) is 7.50. The van der Waals surface area contributed by atoms with Gasteiger partial charge in [0.05, 0.1) is 17.5 Å². The summed E-state index contributed by atoms with van der Waals surface area (Å²) in [5, 5.41) is 3.33. The lowest BCUT2D eigenvalue weighted by Crippen LogP contribution is -2.27. The van der Waals surface area contributed by atoms with Crippen molar-refractivity contribution in [2.24, 2.45) is 0 Å². The van der Waals surface area contributed by atoms with E-state index in [1.807, 2.05) is 32.3 Å². The Bertz CT molecular complexity index is 1310. The van der Waals surface area contributed by atoms with Gasteiger partial charge in [0.25, 0.3) is 0 Å². The third-order valence-corrected chi connectivity index (χ3v) is 7.41. The molecular weight excluding hydrogens is 467 g/mol. The zero-order chi connectivity index (χ0) is 22.0. The van der Waals surface area contributed by atoms with E-state index < -0.39 is 5.79 Å². The average molecular weight is 487 g/mol. The molecule has 4 heterocycles. The van der Waals surface area contributed by atoms with Gasteiger partial charge in [0.2, 0.25) is 5.28 Å². The predicted octanol–water partition coefficient (Wildman–Crippen LogP) is 6.11. The maximum absolute atomic E-state index is 6.43. The first kappa shape index (κ1) is 20.6. The first-order valence-corrected chi connectivity index (χ1v) is 12.0. The number of rotatable bonds is 3. The van der Waals surface area contributed by atoms with Crippen molar-refractivity contribution in [3.8, 4) is 11.1 Å². The number of hydrogen-bond acceptors (Lipinski definition) is 6. The Morgan fingerprint density at radius 1 is 1.09 bits per heavy atom. The van der Waals surface area contributed by atoms with Gasteiger partial charge >= 0.3 is 0 Å². The third-order valence-electron chi connectivity index (χ3n) is 6.37. The normalized spacial score (nSPS) is 26.6. The van der Waals surface area contributed by atoms with Crippen LogP contribution in [0, 0.1) is 0 Å². The molecule has 4 atom stereocenters. The van der Waals surface area contributed by atoms with Crippen molar-refractivity contribution in [2.75, 3.05) is 0 Å². The number of nitrogens with zero attached hydrogens (tertiary/aromatic N) is 4. The molecule has 0 radical (unpaired) electrons. The molecule has 0 unspecified atom stereocenters. The molecule has 2 fully saturated rings. The molecule has 0 bridgehead atoms. The summed E-state index contributed by atoms with van der Waals surface area (Å²) in [6, 6.07) is 10.6. The standard InChI is InChI=1S/C23H20Cl2N4O2S/c1-23(2)30-18-16(13-5-3-4-12(8-13)14-10-26-32-11-14)9-17(19(18)31-23)29-7-6-15-20(24)27-22(25)28-21(15)29/h3-8,10-11,16-19H,9H2,1-2H3/t16-,17-,18-,19+/m1/s1. The molecule has 32 heavy (non-hydrogen) atoms. The van der Waals surface area contributed by atoms with Crippen LogP contribution in [-0.2, 0) is 9.47 Å². The van der Waals surface area contributed by atoms with Crippen LogP contribution in [0.25, 0.3) is 22.2 Å². The quantitative estimate of drug-likeness (QED) is 0.258. The maximum atomic E-state index is 6.43. The van der Waals surface area contributed by atoms with Gasteiger partial charge in [-0.05, 0) is 60.6 Å². The van der Waals surface area contributed by atoms with Crippen molar-refractivity contribution < 1.29 is 9.47 Å². The summed E-state index contributed by atoms with van der Waals surface area (Å²) in [5.41, 5.74) is 4.23. The fourth-order valence-corrected chi connectivity index (χ4v) is 6.07. The molecule has 0 spiro atoms. The summed E-state index contributed by atoms with van der Waals surface area (Å²) in [5.74, 6) is -0.488. The number of hydrogen-bond donors (Lipinski definition) is 0. The Labute approximate surface area is 199 Å². The SMILES string of the molecule is CC1(C)O[C@@H]2[C@H](O1)[C@@H](c1cccc(-c3cnsc3)c1)C[C@H]2n1ccc2c(Cl)nc(Cl)nc21. The highest BCUT2D eigenvalue weighted by Crippen LogP contribution is 2.51. The van der Waals surface area contributed by atoms with Crippen LogP contribution in [0.1, 0.15) is 37.8 Å². The van der Waals surface area contributed by atoms with Crippen LogP contribution in [0.5, 0.6) is 0 Å². The first-order valence-electron chi connectivity index (χ1n) is 10.4. The highest BCUT2D eigenvalue weighted by molar-refractivity contribution is 7.03. The first-order chi connectivity index (χ1) is 15.4. The minimum absolute atomic E-state index is 0.0257. The zero-order valence-corrected chi connectivity index (χ0v) is 19.7. The molecule has 164 valence electrons. The second-order valence-electron chi connectivity index (χ2n) is 8.76. The van der Waals surface area contributed by atoms with Crippen molar-refractivity contribution in [2.45, 2.75) is 50.2 Å². The number of fused-ring (bicyclic) bond motifs is 2. The summed E-state index contributed by atoms with van der Waals surface area (Å²) in [4.78, 5) is 8.54. The molecule has 0 N–H and O–H groups in total. The Balaban J connectivity index is 1.43. The lowest BCUT2D eigenvalue weighted by molar-refractivity contribution is -0.157. The van der Waals surface area contributed by atoms with Crippen molar-refractivity contribution in [1.29, 1.82) is 0 Å². The molecule has 1 saturated heterocycles. The number of ether oxygens (including phenoxy) is 2. The Morgan fingerprint density at radius 3 is 2.75 bits per heavy atom. The fraction of sp³-hybridized carbons (Fsp3) is 0.348. The molecule has 0 amide bonds. The predicted molar refractivity (Wildman–Crippen MR) is 125 cm³/mol. The van der Waals surface area contributed by atoms with Crippen molar-refractivity contribution in [1.82, 2.24) is 18.9 Å². The fourth-order valence-electron chi connectivity index (χ4n) is 5.09. The summed E-state index contributed by atoms with van der Waals surface area (Å²) in [6.45, 7) is 3.94. The van der Waals surface area contributed by atoms with Gasteiger partial charge in [0.1, 0.15) is 16.9 Å². The summed E-state index contributed by atoms with van der Waals surface area (Å²) in [6.07, 6.45) is 4.55. The lowest BCUT2D eigenvalue weighted by Gasteiger charge is -2.25. The molecule has 9 heteroatoms. The monoisotopic (exact) mass is 486 g/mol. The molecule has 2 aliphatic rings. The minimum atomic E-state index is -0.658. The van der Waals surface area contributed by atoms with E-state index in [-0.39, 0.29) is 29.5 Å². The molecular formula is C23H20Cl2N4O2S. The van der Waals surface area contributed by atoms with Crippen molar-refractivity contribution >= 4 is 45.8 Å². The van der Waals surface area contributed by atoms with Crippen molar-refractivity contribution in [3.63, 3.8) is 0 Å². The van der Waals surface area contributed by atoms with Crippen molar-refractivity contribution in [3.05, 3.63) is 64.1 Å². The van der Waals surface area contributed by atoms with Gasteiger partial charge in [0.15, 0.2) is 5.79 Å². The summed E-state index contributed by atoms with van der Waals surface area (Å²) in [7, 11) is 0. The smallest absolute Gasteiger partial charge is 0.225 e. The Hall–Kier alpha value is -2.03. The Kier molecular flexibility index (Phi) is 4.82. The van der Waals surface area contributed by atoms with Gasteiger partial charge in [-0.1, -0.05) is 35.9 Å². The minimum Gasteiger partial charge on any atom is -0.344 e. The van der Waals surface area contributed by atoms with Gasteiger partial charge < -0.3 is 14.0 Å². The number of aromatic nitrogens is 4. The van der Waals surface area contributed by atoms with Gasteiger partial charge in [-0.2, -0.15) is 4.98 Å². The molecule has 6 nitrogen and oxygen atoms in total. The molecule has 1 aromatic carbocycles. The highest BCUT2D eigenvalue weighted by atomic mass is 35.5. The van der Waals surface area contributed by atoms with E-state index >= 15 is 0 Å². The highest BCUT2D eigenvalue weighted by Gasteiger charge is 2.55. The van der Waals surface area contributed by atoms with Crippen LogP contribution < -0.4 is 0 Å². The van der Waals surface area contributed by atoms with Gasteiger partial charge in [-0.15, -0.1) is 0 Å². The van der Waals surface area contributed by atoms with Crippen LogP contribution in [0.3, 0.4) is 0 Å². The van der Waals surface area contributed by atoms with E-state index in [1.54, 1.807) is 0 Å². The number of halogens is 2. The second-order valence-corrected chi connectivity index (χ2v) is 10.1. The van der Waals surface area contributed by atoms with E-state index in [0.29, 0.717) is 10.8 Å². The largest absolute Gasteiger partial charge is 0.344 e. The molecule has 1 saturated carbocycles. The maximum Gasteiger partial charge on any atom is 0.225 e. The lowest BCUT2D eigenvalue weighted by atomic mass is 9.93. The average Bonchev–Trinajstić information content (AvgIpc) is 3.51. The summed E-state index contributed by atoms with van der Waals surface area (Å²) >= 11 is 13.9. The van der Waals surface area contributed by atoms with Crippen LogP contribution in [-0.4, -0.2) is 36.9 Å². The van der Waals surface area contributed by atoms with Crippen LogP contribution in [0.4, 0.5) is 0 Å². The van der Waals surface area contributed by atoms with E-state index in [4.69, 9.17) is 32.7 Å². The van der Waals surface area contributed by atoms with Gasteiger partial charge in [0, 0.05) is 29.3 Å². The molecule has 4 aromatic rings. The topological polar surface area (TPSA) is 62.1 Å². The van der Waals surface area contributed by atoms with Gasteiger partial charge in [-0.3, -0.25) is 0 Å². The Morgan fingerprint density at radius 2 is 1.94 bits per heavy atom. The third kappa shape index (κ3) is 3.35. The van der Waals surface area contributed by atoms with Crippen LogP contribution in [0.2, 0.25) is 10.4 Å². The van der Waals surface area contributed by atoms with E-state index in [1.165, 1.54) is 17.1 Å². The van der Waals surface area contributed by atoms with E-state index in [9.17, 15) is 0 Å². The zero-order valence-electron chi connectivity index (χ0n) is 17.4. The van der Waals surface area contributed by atoms with E-state index in [0.717, 1.165) is 22.9 Å².